The second-order valence-electron chi connectivity index (χ2n) is 6.56. The van der Waals surface area contributed by atoms with Gasteiger partial charge in [-0.1, -0.05) is 24.3 Å². The van der Waals surface area contributed by atoms with E-state index in [1.165, 1.54) is 5.56 Å². The van der Waals surface area contributed by atoms with Gasteiger partial charge in [-0.2, -0.15) is 0 Å². The fourth-order valence-corrected chi connectivity index (χ4v) is 3.29. The SMILES string of the molecule is COc1ccc(-c2c(-c3ccc(C)c(C)c3)[nH]c3[nH]c(=O)[nH]c(=O)c23)cc1. The molecule has 0 radical (unpaired) electrons. The van der Waals surface area contributed by atoms with Gasteiger partial charge in [0.1, 0.15) is 11.4 Å². The number of H-pyrrole nitrogens is 3. The van der Waals surface area contributed by atoms with E-state index in [1.54, 1.807) is 7.11 Å². The van der Waals surface area contributed by atoms with Crippen molar-refractivity contribution in [3.63, 3.8) is 0 Å². The lowest BCUT2D eigenvalue weighted by molar-refractivity contribution is 0.415. The third-order valence-electron chi connectivity index (χ3n) is 4.87. The highest BCUT2D eigenvalue weighted by Crippen LogP contribution is 2.37. The summed E-state index contributed by atoms with van der Waals surface area (Å²) in [6.07, 6.45) is 0. The third-order valence-corrected chi connectivity index (χ3v) is 4.87. The summed E-state index contributed by atoms with van der Waals surface area (Å²) >= 11 is 0. The fraction of sp³-hybridized carbons (Fsp3) is 0.143. The molecule has 0 unspecified atom stereocenters. The van der Waals surface area contributed by atoms with Crippen LogP contribution in [0.1, 0.15) is 11.1 Å². The van der Waals surface area contributed by atoms with E-state index in [0.29, 0.717) is 11.0 Å². The van der Waals surface area contributed by atoms with E-state index < -0.39 is 11.2 Å². The number of ether oxygens (including phenoxy) is 1. The van der Waals surface area contributed by atoms with Crippen molar-refractivity contribution in [1.82, 2.24) is 15.0 Å². The number of aromatic nitrogens is 3. The Labute approximate surface area is 154 Å². The number of fused-ring (bicyclic) bond motifs is 1. The van der Waals surface area contributed by atoms with Crippen molar-refractivity contribution in [2.24, 2.45) is 0 Å². The van der Waals surface area contributed by atoms with Gasteiger partial charge in [0, 0.05) is 5.56 Å². The smallest absolute Gasteiger partial charge is 0.327 e. The Bertz CT molecular complexity index is 1260. The molecular weight excluding hydrogens is 342 g/mol. The molecule has 3 N–H and O–H groups in total. The molecule has 6 nitrogen and oxygen atoms in total. The van der Waals surface area contributed by atoms with Gasteiger partial charge in [0.05, 0.1) is 18.2 Å². The lowest BCUT2D eigenvalue weighted by atomic mass is 9.97. The monoisotopic (exact) mass is 361 g/mol. The molecule has 136 valence electrons. The zero-order chi connectivity index (χ0) is 19.1. The summed E-state index contributed by atoms with van der Waals surface area (Å²) in [4.78, 5) is 32.5. The molecule has 0 aliphatic heterocycles. The molecule has 0 saturated carbocycles. The molecule has 4 aromatic rings. The van der Waals surface area contributed by atoms with Crippen LogP contribution in [0.2, 0.25) is 0 Å². The van der Waals surface area contributed by atoms with E-state index in [0.717, 1.165) is 33.7 Å². The second-order valence-corrected chi connectivity index (χ2v) is 6.56. The third kappa shape index (κ3) is 2.85. The first kappa shape index (κ1) is 16.9. The molecule has 2 aromatic carbocycles. The molecule has 0 amide bonds. The Balaban J connectivity index is 2.08. The Kier molecular flexibility index (Phi) is 3.96. The zero-order valence-corrected chi connectivity index (χ0v) is 15.3. The molecule has 4 rings (SSSR count). The molecule has 0 bridgehead atoms. The van der Waals surface area contributed by atoms with Crippen LogP contribution >= 0.6 is 0 Å². The van der Waals surface area contributed by atoms with Gasteiger partial charge in [-0.25, -0.2) is 4.79 Å². The predicted molar refractivity (Wildman–Crippen MR) is 106 cm³/mol. The van der Waals surface area contributed by atoms with Crippen LogP contribution < -0.4 is 16.0 Å². The number of benzene rings is 2. The van der Waals surface area contributed by atoms with Crippen molar-refractivity contribution in [2.75, 3.05) is 7.11 Å². The van der Waals surface area contributed by atoms with Gasteiger partial charge < -0.3 is 9.72 Å². The Hall–Kier alpha value is -3.54. The largest absolute Gasteiger partial charge is 0.497 e. The average molecular weight is 361 g/mol. The summed E-state index contributed by atoms with van der Waals surface area (Å²) in [5.74, 6) is 0.730. The number of hydrogen-bond acceptors (Lipinski definition) is 3. The number of aromatic amines is 3. The van der Waals surface area contributed by atoms with E-state index in [9.17, 15) is 9.59 Å². The molecule has 0 fully saturated rings. The zero-order valence-electron chi connectivity index (χ0n) is 15.3. The predicted octanol–water partition coefficient (Wildman–Crippen LogP) is 3.50. The van der Waals surface area contributed by atoms with Gasteiger partial charge >= 0.3 is 5.69 Å². The number of methoxy groups -OCH3 is 1. The maximum atomic E-state index is 12.6. The molecule has 27 heavy (non-hydrogen) atoms. The van der Waals surface area contributed by atoms with E-state index in [2.05, 4.69) is 27.9 Å². The first-order valence-corrected chi connectivity index (χ1v) is 8.58. The summed E-state index contributed by atoms with van der Waals surface area (Å²) in [6.45, 7) is 4.10. The number of hydrogen-bond donors (Lipinski definition) is 3. The maximum Gasteiger partial charge on any atom is 0.327 e. The topological polar surface area (TPSA) is 90.7 Å². The maximum absolute atomic E-state index is 12.6. The summed E-state index contributed by atoms with van der Waals surface area (Å²) in [6, 6.07) is 13.6. The van der Waals surface area contributed by atoms with Crippen molar-refractivity contribution in [3.8, 4) is 28.1 Å². The summed E-state index contributed by atoms with van der Waals surface area (Å²) in [5, 5.41) is 0.424. The molecule has 0 spiro atoms. The minimum atomic E-state index is -0.540. The van der Waals surface area contributed by atoms with Crippen LogP contribution in [0.4, 0.5) is 0 Å². The number of aryl methyl sites for hydroxylation is 2. The average Bonchev–Trinajstić information content (AvgIpc) is 3.03. The van der Waals surface area contributed by atoms with E-state index in [-0.39, 0.29) is 0 Å². The summed E-state index contributed by atoms with van der Waals surface area (Å²) < 4.78 is 5.23. The van der Waals surface area contributed by atoms with Crippen molar-refractivity contribution in [3.05, 3.63) is 74.4 Å². The molecule has 0 aliphatic rings. The van der Waals surface area contributed by atoms with Gasteiger partial charge in [-0.3, -0.25) is 14.8 Å². The van der Waals surface area contributed by atoms with E-state index in [4.69, 9.17) is 4.74 Å². The minimum absolute atomic E-state index is 0.405. The summed E-state index contributed by atoms with van der Waals surface area (Å²) in [5.41, 5.74) is 5.10. The summed E-state index contributed by atoms with van der Waals surface area (Å²) in [7, 11) is 1.61. The Morgan fingerprint density at radius 2 is 1.52 bits per heavy atom. The highest BCUT2D eigenvalue weighted by molar-refractivity contribution is 6.02. The van der Waals surface area contributed by atoms with E-state index >= 15 is 0 Å². The molecular formula is C21H19N3O3. The Morgan fingerprint density at radius 1 is 0.815 bits per heavy atom. The first-order chi connectivity index (χ1) is 13.0. The van der Waals surface area contributed by atoms with Crippen LogP contribution in [-0.4, -0.2) is 22.1 Å². The molecule has 0 saturated heterocycles. The molecule has 0 aliphatic carbocycles. The highest BCUT2D eigenvalue weighted by Gasteiger charge is 2.19. The van der Waals surface area contributed by atoms with Crippen molar-refractivity contribution < 1.29 is 4.74 Å². The fourth-order valence-electron chi connectivity index (χ4n) is 3.29. The van der Waals surface area contributed by atoms with Gasteiger partial charge in [-0.15, -0.1) is 0 Å². The standard InChI is InChI=1S/C21H19N3O3/c1-11-4-5-14(10-12(11)2)18-16(13-6-8-15(27-3)9-7-13)17-19(22-18)23-21(26)24-20(17)25/h4-10H,1-3H3,(H3,22,23,24,25,26). The quantitative estimate of drug-likeness (QED) is 0.521. The van der Waals surface area contributed by atoms with Gasteiger partial charge in [0.2, 0.25) is 0 Å². The molecule has 2 aromatic heterocycles. The van der Waals surface area contributed by atoms with Crippen LogP contribution in [0.3, 0.4) is 0 Å². The van der Waals surface area contributed by atoms with Crippen molar-refractivity contribution in [1.29, 1.82) is 0 Å². The molecule has 0 atom stereocenters. The first-order valence-electron chi connectivity index (χ1n) is 8.58. The van der Waals surface area contributed by atoms with E-state index in [1.807, 2.05) is 43.3 Å². The highest BCUT2D eigenvalue weighted by atomic mass is 16.5. The van der Waals surface area contributed by atoms with Crippen LogP contribution in [0.5, 0.6) is 5.75 Å². The van der Waals surface area contributed by atoms with Crippen LogP contribution in [0.25, 0.3) is 33.4 Å². The Morgan fingerprint density at radius 3 is 2.19 bits per heavy atom. The number of rotatable bonds is 3. The van der Waals surface area contributed by atoms with Gasteiger partial charge in [0.25, 0.3) is 5.56 Å². The molecule has 2 heterocycles. The van der Waals surface area contributed by atoms with Crippen LogP contribution in [0.15, 0.2) is 52.1 Å². The second kappa shape index (κ2) is 6.32. The van der Waals surface area contributed by atoms with Crippen LogP contribution in [-0.2, 0) is 0 Å². The van der Waals surface area contributed by atoms with Gasteiger partial charge in [0.15, 0.2) is 0 Å². The minimum Gasteiger partial charge on any atom is -0.497 e. The van der Waals surface area contributed by atoms with Crippen molar-refractivity contribution >= 4 is 11.0 Å². The lowest BCUT2D eigenvalue weighted by Gasteiger charge is -2.08. The van der Waals surface area contributed by atoms with Crippen molar-refractivity contribution in [2.45, 2.75) is 13.8 Å². The van der Waals surface area contributed by atoms with Gasteiger partial charge in [-0.05, 0) is 54.3 Å². The lowest BCUT2D eigenvalue weighted by Crippen LogP contribution is -2.21. The normalized spacial score (nSPS) is 11.1. The molecule has 6 heteroatoms. The number of nitrogens with one attached hydrogen (secondary N) is 3. The van der Waals surface area contributed by atoms with Crippen LogP contribution in [0, 0.1) is 13.8 Å².